The molecule has 112 valence electrons. The highest BCUT2D eigenvalue weighted by atomic mass is 35.5. The van der Waals surface area contributed by atoms with E-state index in [1.165, 1.54) is 25.3 Å². The lowest BCUT2D eigenvalue weighted by atomic mass is 10.3. The largest absolute Gasteiger partial charge is 0.495 e. The summed E-state index contributed by atoms with van der Waals surface area (Å²) < 4.78 is 36.9. The van der Waals surface area contributed by atoms with Crippen molar-refractivity contribution >= 4 is 21.6 Å². The van der Waals surface area contributed by atoms with Gasteiger partial charge in [0.15, 0.2) is 0 Å². The van der Waals surface area contributed by atoms with Gasteiger partial charge in [0, 0.05) is 17.6 Å². The predicted molar refractivity (Wildman–Crippen MR) is 78.8 cm³/mol. The summed E-state index contributed by atoms with van der Waals surface area (Å²) in [6, 6.07) is 4.35. The van der Waals surface area contributed by atoms with Gasteiger partial charge in [0.2, 0.25) is 10.0 Å². The Bertz CT molecular complexity index is 572. The van der Waals surface area contributed by atoms with Crippen LogP contribution in [0.5, 0.6) is 5.75 Å². The molecule has 0 aliphatic carbocycles. The monoisotopic (exact) mass is 319 g/mol. The third kappa shape index (κ3) is 5.13. The second kappa shape index (κ2) is 7.64. The number of sulfonamides is 1. The molecule has 0 unspecified atom stereocenters. The van der Waals surface area contributed by atoms with Crippen molar-refractivity contribution in [3.63, 3.8) is 0 Å². The van der Waals surface area contributed by atoms with Crippen LogP contribution in [0, 0.1) is 0 Å². The maximum Gasteiger partial charge on any atom is 0.244 e. The summed E-state index contributed by atoms with van der Waals surface area (Å²) in [7, 11) is -2.27. The molecule has 0 amide bonds. The van der Waals surface area contributed by atoms with Crippen LogP contribution in [0.25, 0.3) is 0 Å². The number of benzene rings is 1. The molecule has 7 heteroatoms. The number of rotatable bonds is 8. The van der Waals surface area contributed by atoms with Crippen molar-refractivity contribution in [2.45, 2.75) is 11.8 Å². The molecule has 0 aliphatic rings. The van der Waals surface area contributed by atoms with Gasteiger partial charge in [-0.1, -0.05) is 23.8 Å². The van der Waals surface area contributed by atoms with Crippen LogP contribution in [-0.2, 0) is 14.8 Å². The molecule has 0 fully saturated rings. The minimum atomic E-state index is -3.66. The molecule has 0 saturated heterocycles. The average molecular weight is 320 g/mol. The molecule has 0 aromatic heterocycles. The zero-order valence-corrected chi connectivity index (χ0v) is 13.1. The van der Waals surface area contributed by atoms with Crippen molar-refractivity contribution < 1.29 is 17.9 Å². The Morgan fingerprint density at radius 2 is 2.15 bits per heavy atom. The highest BCUT2D eigenvalue weighted by molar-refractivity contribution is 7.89. The van der Waals surface area contributed by atoms with E-state index in [4.69, 9.17) is 21.1 Å². The molecule has 0 spiro atoms. The first kappa shape index (κ1) is 17.0. The molecule has 0 bridgehead atoms. The van der Waals surface area contributed by atoms with Gasteiger partial charge in [-0.25, -0.2) is 13.1 Å². The van der Waals surface area contributed by atoms with Gasteiger partial charge in [-0.15, -0.1) is 0 Å². The second-order valence-corrected chi connectivity index (χ2v) is 6.37. The zero-order chi connectivity index (χ0) is 15.2. The van der Waals surface area contributed by atoms with Crippen molar-refractivity contribution in [3.8, 4) is 5.75 Å². The molecule has 5 nitrogen and oxygen atoms in total. The van der Waals surface area contributed by atoms with Gasteiger partial charge in [-0.2, -0.15) is 0 Å². The van der Waals surface area contributed by atoms with Crippen LogP contribution in [-0.4, -0.2) is 35.3 Å². The van der Waals surface area contributed by atoms with Crippen molar-refractivity contribution in [3.05, 3.63) is 35.4 Å². The van der Waals surface area contributed by atoms with E-state index < -0.39 is 10.0 Å². The lowest BCUT2D eigenvalue weighted by Gasteiger charge is -2.11. The van der Waals surface area contributed by atoms with Gasteiger partial charge >= 0.3 is 0 Å². The van der Waals surface area contributed by atoms with Crippen molar-refractivity contribution in [1.82, 2.24) is 4.72 Å². The van der Waals surface area contributed by atoms with E-state index in [1.807, 2.05) is 6.92 Å². The SMILES string of the molecule is C=C(C)COCCNS(=O)(=O)c1ccc(Cl)cc1OC. The normalized spacial score (nSPS) is 11.3. The standard InChI is InChI=1S/C13H18ClNO4S/c1-10(2)9-19-7-6-15-20(16,17)13-5-4-11(14)8-12(13)18-3/h4-5,8,15H,1,6-7,9H2,2-3H3. The minimum Gasteiger partial charge on any atom is -0.495 e. The first-order valence-electron chi connectivity index (χ1n) is 5.92. The summed E-state index contributed by atoms with van der Waals surface area (Å²) in [6.45, 7) is 6.37. The van der Waals surface area contributed by atoms with Gasteiger partial charge in [0.05, 0.1) is 20.3 Å². The van der Waals surface area contributed by atoms with Crippen LogP contribution in [0.1, 0.15) is 6.92 Å². The predicted octanol–water partition coefficient (Wildman–Crippen LogP) is 2.22. The van der Waals surface area contributed by atoms with Crippen molar-refractivity contribution in [2.75, 3.05) is 26.9 Å². The molecular weight excluding hydrogens is 302 g/mol. The highest BCUT2D eigenvalue weighted by Crippen LogP contribution is 2.26. The maximum atomic E-state index is 12.1. The maximum absolute atomic E-state index is 12.1. The molecule has 0 atom stereocenters. The number of hydrogen-bond acceptors (Lipinski definition) is 4. The molecular formula is C13H18ClNO4S. The van der Waals surface area contributed by atoms with Gasteiger partial charge in [-0.05, 0) is 19.1 Å². The third-order valence-corrected chi connectivity index (χ3v) is 4.04. The Labute approximate surface area is 124 Å². The van der Waals surface area contributed by atoms with Crippen LogP contribution < -0.4 is 9.46 Å². The zero-order valence-electron chi connectivity index (χ0n) is 11.5. The van der Waals surface area contributed by atoms with E-state index in [1.54, 1.807) is 0 Å². The molecule has 1 N–H and O–H groups in total. The van der Waals surface area contributed by atoms with Gasteiger partial charge in [-0.3, -0.25) is 0 Å². The van der Waals surface area contributed by atoms with Gasteiger partial charge in [0.1, 0.15) is 10.6 Å². The summed E-state index contributed by atoms with van der Waals surface area (Å²) >= 11 is 5.80. The molecule has 0 radical (unpaired) electrons. The Morgan fingerprint density at radius 3 is 2.75 bits per heavy atom. The van der Waals surface area contributed by atoms with E-state index in [9.17, 15) is 8.42 Å². The van der Waals surface area contributed by atoms with E-state index in [-0.39, 0.29) is 23.8 Å². The topological polar surface area (TPSA) is 64.6 Å². The Hall–Kier alpha value is -1.08. The second-order valence-electron chi connectivity index (χ2n) is 4.20. The Balaban J connectivity index is 2.67. The number of ether oxygens (including phenoxy) is 2. The van der Waals surface area contributed by atoms with Crippen LogP contribution in [0.4, 0.5) is 0 Å². The molecule has 1 rings (SSSR count). The summed E-state index contributed by atoms with van der Waals surface area (Å²) in [5.74, 6) is 0.202. The molecule has 1 aromatic rings. The van der Waals surface area contributed by atoms with Crippen molar-refractivity contribution in [2.24, 2.45) is 0 Å². The minimum absolute atomic E-state index is 0.0456. The quantitative estimate of drug-likeness (QED) is 0.589. The van der Waals surface area contributed by atoms with Crippen LogP contribution in [0.2, 0.25) is 5.02 Å². The average Bonchev–Trinajstić information content (AvgIpc) is 2.37. The van der Waals surface area contributed by atoms with Gasteiger partial charge < -0.3 is 9.47 Å². The smallest absolute Gasteiger partial charge is 0.244 e. The summed E-state index contributed by atoms with van der Waals surface area (Å²) in [6.07, 6.45) is 0. The molecule has 0 aliphatic heterocycles. The van der Waals surface area contributed by atoms with E-state index >= 15 is 0 Å². The molecule has 1 aromatic carbocycles. The van der Waals surface area contributed by atoms with Crippen LogP contribution >= 0.6 is 11.6 Å². The third-order valence-electron chi connectivity index (χ3n) is 2.30. The summed E-state index contributed by atoms with van der Waals surface area (Å²) in [4.78, 5) is 0.0456. The number of methoxy groups -OCH3 is 1. The fourth-order valence-corrected chi connectivity index (χ4v) is 2.76. The molecule has 20 heavy (non-hydrogen) atoms. The number of nitrogens with one attached hydrogen (secondary N) is 1. The van der Waals surface area contributed by atoms with Crippen LogP contribution in [0.15, 0.2) is 35.2 Å². The fourth-order valence-electron chi connectivity index (χ4n) is 1.44. The first-order valence-corrected chi connectivity index (χ1v) is 7.78. The number of hydrogen-bond donors (Lipinski definition) is 1. The summed E-state index contributed by atoms with van der Waals surface area (Å²) in [5.41, 5.74) is 0.882. The van der Waals surface area contributed by atoms with E-state index in [0.717, 1.165) is 5.57 Å². The lowest BCUT2D eigenvalue weighted by molar-refractivity contribution is 0.162. The Kier molecular flexibility index (Phi) is 6.48. The number of halogens is 1. The lowest BCUT2D eigenvalue weighted by Crippen LogP contribution is -2.28. The Morgan fingerprint density at radius 1 is 1.45 bits per heavy atom. The van der Waals surface area contributed by atoms with E-state index in [0.29, 0.717) is 11.6 Å². The molecule has 0 saturated carbocycles. The highest BCUT2D eigenvalue weighted by Gasteiger charge is 2.19. The van der Waals surface area contributed by atoms with Crippen molar-refractivity contribution in [1.29, 1.82) is 0 Å². The fraction of sp³-hybridized carbons (Fsp3) is 0.385. The summed E-state index contributed by atoms with van der Waals surface area (Å²) in [5, 5.41) is 0.408. The van der Waals surface area contributed by atoms with E-state index in [2.05, 4.69) is 11.3 Å². The van der Waals surface area contributed by atoms with Crippen LogP contribution in [0.3, 0.4) is 0 Å². The van der Waals surface area contributed by atoms with Gasteiger partial charge in [0.25, 0.3) is 0 Å². The molecule has 0 heterocycles. The first-order chi connectivity index (χ1) is 9.36.